The third-order valence-electron chi connectivity index (χ3n) is 5.38. The zero-order chi connectivity index (χ0) is 23.2. The predicted octanol–water partition coefficient (Wildman–Crippen LogP) is 3.68. The topological polar surface area (TPSA) is 107 Å². The number of carbonyl (C=O) groups excluding carboxylic acids is 1. The van der Waals surface area contributed by atoms with Crippen LogP contribution in [0.15, 0.2) is 47.4 Å². The third kappa shape index (κ3) is 3.79. The molecule has 0 saturated heterocycles. The molecule has 1 aromatic carbocycles. The second-order valence-electron chi connectivity index (χ2n) is 8.85. The molecule has 0 saturated carbocycles. The Kier molecular flexibility index (Phi) is 5.16. The molecule has 0 radical (unpaired) electrons. The van der Waals surface area contributed by atoms with Crippen LogP contribution in [0.5, 0.6) is 0 Å². The van der Waals surface area contributed by atoms with E-state index >= 15 is 0 Å². The van der Waals surface area contributed by atoms with Gasteiger partial charge >= 0.3 is 0 Å². The van der Waals surface area contributed by atoms with Crippen molar-refractivity contribution >= 4 is 16.8 Å². The molecular weight excluding hydrogens is 409 g/mol. The fraction of sp³-hybridized carbons (Fsp3) is 0.250. The molecule has 0 aliphatic carbocycles. The number of nitrogens with one attached hydrogen (secondary N) is 1. The van der Waals surface area contributed by atoms with Crippen molar-refractivity contribution in [1.29, 1.82) is 0 Å². The largest absolute Gasteiger partial charge is 0.364 e. The number of hydrogen-bond donors (Lipinski definition) is 2. The standard InChI is InChI=1S/C24H24FN5O2/c1-13-21(17-11-18(31)19-16(28-17)9-10-27-20(19)23(26)32)30(29-22(13)24(2,3)4)12-14-5-7-15(25)8-6-14/h5-11H,12H2,1-4H3,(H2,26,32)(H,28,31). The number of halogens is 1. The normalized spacial score (nSPS) is 11.8. The Hall–Kier alpha value is -3.81. The summed E-state index contributed by atoms with van der Waals surface area (Å²) in [7, 11) is 0. The van der Waals surface area contributed by atoms with E-state index in [1.807, 2.05) is 11.6 Å². The van der Waals surface area contributed by atoms with Gasteiger partial charge in [-0.2, -0.15) is 5.10 Å². The first-order valence-electron chi connectivity index (χ1n) is 10.2. The first-order chi connectivity index (χ1) is 15.1. The maximum absolute atomic E-state index is 13.4. The van der Waals surface area contributed by atoms with E-state index in [1.165, 1.54) is 24.4 Å². The van der Waals surface area contributed by atoms with E-state index < -0.39 is 5.91 Å². The highest BCUT2D eigenvalue weighted by Crippen LogP contribution is 2.32. The Morgan fingerprint density at radius 1 is 1.19 bits per heavy atom. The maximum atomic E-state index is 13.4. The van der Waals surface area contributed by atoms with Crippen molar-refractivity contribution in [2.45, 2.75) is 39.7 Å². The van der Waals surface area contributed by atoms with Gasteiger partial charge in [0.25, 0.3) is 5.91 Å². The molecule has 0 atom stereocenters. The minimum absolute atomic E-state index is 0.0674. The van der Waals surface area contributed by atoms with Crippen LogP contribution >= 0.6 is 0 Å². The number of rotatable bonds is 4. The molecule has 0 spiro atoms. The van der Waals surface area contributed by atoms with Crippen LogP contribution in [0.4, 0.5) is 4.39 Å². The van der Waals surface area contributed by atoms with Gasteiger partial charge in [-0.1, -0.05) is 32.9 Å². The minimum atomic E-state index is -0.763. The molecule has 0 aliphatic rings. The molecule has 8 heteroatoms. The Balaban J connectivity index is 1.95. The van der Waals surface area contributed by atoms with Gasteiger partial charge in [0.15, 0.2) is 5.43 Å². The van der Waals surface area contributed by atoms with E-state index in [4.69, 9.17) is 10.8 Å². The fourth-order valence-corrected chi connectivity index (χ4v) is 4.00. The van der Waals surface area contributed by atoms with Gasteiger partial charge in [-0.25, -0.2) is 4.39 Å². The number of benzene rings is 1. The van der Waals surface area contributed by atoms with Gasteiger partial charge < -0.3 is 10.7 Å². The number of hydrogen-bond acceptors (Lipinski definition) is 4. The summed E-state index contributed by atoms with van der Waals surface area (Å²) in [5.74, 6) is -1.07. The molecule has 1 amide bonds. The van der Waals surface area contributed by atoms with Crippen molar-refractivity contribution in [3.05, 3.63) is 81.2 Å². The number of aromatic amines is 1. The Labute approximate surface area is 184 Å². The van der Waals surface area contributed by atoms with Gasteiger partial charge in [-0.3, -0.25) is 19.3 Å². The van der Waals surface area contributed by atoms with Gasteiger partial charge in [0.2, 0.25) is 0 Å². The second-order valence-corrected chi connectivity index (χ2v) is 8.85. The lowest BCUT2D eigenvalue weighted by molar-refractivity contribution is 0.0997. The van der Waals surface area contributed by atoms with Crippen molar-refractivity contribution in [2.24, 2.45) is 5.73 Å². The smallest absolute Gasteiger partial charge is 0.268 e. The lowest BCUT2D eigenvalue weighted by Crippen LogP contribution is -2.18. The van der Waals surface area contributed by atoms with E-state index in [2.05, 4.69) is 30.7 Å². The summed E-state index contributed by atoms with van der Waals surface area (Å²) in [6.45, 7) is 8.58. The van der Waals surface area contributed by atoms with Gasteiger partial charge in [0, 0.05) is 23.2 Å². The molecule has 0 unspecified atom stereocenters. The van der Waals surface area contributed by atoms with Crippen molar-refractivity contribution in [2.75, 3.05) is 0 Å². The highest BCUT2D eigenvalue weighted by atomic mass is 19.1. The van der Waals surface area contributed by atoms with E-state index in [0.717, 1.165) is 22.5 Å². The summed E-state index contributed by atoms with van der Waals surface area (Å²) in [5.41, 5.74) is 9.21. The lowest BCUT2D eigenvalue weighted by Gasteiger charge is -2.16. The van der Waals surface area contributed by atoms with Crippen molar-refractivity contribution < 1.29 is 9.18 Å². The summed E-state index contributed by atoms with van der Waals surface area (Å²) in [6, 6.07) is 9.31. The summed E-state index contributed by atoms with van der Waals surface area (Å²) < 4.78 is 15.2. The van der Waals surface area contributed by atoms with Crippen molar-refractivity contribution in [3.8, 4) is 11.4 Å². The number of aromatic nitrogens is 4. The number of fused-ring (bicyclic) bond motifs is 1. The zero-order valence-corrected chi connectivity index (χ0v) is 18.4. The average Bonchev–Trinajstić information content (AvgIpc) is 3.05. The van der Waals surface area contributed by atoms with Gasteiger partial charge in [-0.05, 0) is 30.7 Å². The van der Waals surface area contributed by atoms with Crippen LogP contribution < -0.4 is 11.2 Å². The van der Waals surface area contributed by atoms with Crippen LogP contribution in [0.1, 0.15) is 48.1 Å². The fourth-order valence-electron chi connectivity index (χ4n) is 4.00. The first kappa shape index (κ1) is 21.4. The number of carbonyl (C=O) groups is 1. The Morgan fingerprint density at radius 2 is 1.88 bits per heavy atom. The summed E-state index contributed by atoms with van der Waals surface area (Å²) in [4.78, 5) is 31.9. The molecule has 3 heterocycles. The summed E-state index contributed by atoms with van der Waals surface area (Å²) in [6.07, 6.45) is 1.44. The van der Waals surface area contributed by atoms with Crippen LogP contribution in [0, 0.1) is 12.7 Å². The number of nitrogens with zero attached hydrogens (tertiary/aromatic N) is 3. The second kappa shape index (κ2) is 7.71. The first-order valence-corrected chi connectivity index (χ1v) is 10.2. The van der Waals surface area contributed by atoms with Crippen LogP contribution in [0.2, 0.25) is 0 Å². The molecule has 0 fully saturated rings. The summed E-state index contributed by atoms with van der Waals surface area (Å²) in [5, 5.41) is 5.00. The highest BCUT2D eigenvalue weighted by Gasteiger charge is 2.26. The molecular formula is C24H24FN5O2. The highest BCUT2D eigenvalue weighted by molar-refractivity contribution is 6.03. The molecule has 164 valence electrons. The van der Waals surface area contributed by atoms with Crippen LogP contribution in [0.25, 0.3) is 22.3 Å². The number of pyridine rings is 2. The molecule has 3 N–H and O–H groups in total. The van der Waals surface area contributed by atoms with E-state index in [9.17, 15) is 14.0 Å². The summed E-state index contributed by atoms with van der Waals surface area (Å²) >= 11 is 0. The maximum Gasteiger partial charge on any atom is 0.268 e. The van der Waals surface area contributed by atoms with Crippen LogP contribution in [-0.2, 0) is 12.0 Å². The quantitative estimate of drug-likeness (QED) is 0.512. The monoisotopic (exact) mass is 433 g/mol. The lowest BCUT2D eigenvalue weighted by atomic mass is 9.89. The van der Waals surface area contributed by atoms with Gasteiger partial charge in [-0.15, -0.1) is 0 Å². The predicted molar refractivity (Wildman–Crippen MR) is 121 cm³/mol. The number of amides is 1. The van der Waals surface area contributed by atoms with E-state index in [-0.39, 0.29) is 27.7 Å². The number of primary amides is 1. The molecule has 4 rings (SSSR count). The van der Waals surface area contributed by atoms with Gasteiger partial charge in [0.1, 0.15) is 11.5 Å². The van der Waals surface area contributed by atoms with Crippen LogP contribution in [0.3, 0.4) is 0 Å². The molecule has 0 aliphatic heterocycles. The van der Waals surface area contributed by atoms with Crippen molar-refractivity contribution in [3.63, 3.8) is 0 Å². The molecule has 4 aromatic rings. The van der Waals surface area contributed by atoms with Crippen LogP contribution in [-0.4, -0.2) is 25.7 Å². The molecule has 7 nitrogen and oxygen atoms in total. The van der Waals surface area contributed by atoms with E-state index in [0.29, 0.717) is 17.8 Å². The Bertz CT molecular complexity index is 1400. The molecule has 32 heavy (non-hydrogen) atoms. The third-order valence-corrected chi connectivity index (χ3v) is 5.38. The average molecular weight is 433 g/mol. The van der Waals surface area contributed by atoms with E-state index in [1.54, 1.807) is 18.2 Å². The van der Waals surface area contributed by atoms with Gasteiger partial charge in [0.05, 0.1) is 34.5 Å². The minimum Gasteiger partial charge on any atom is -0.364 e. The number of H-pyrrole nitrogens is 1. The zero-order valence-electron chi connectivity index (χ0n) is 18.4. The molecule has 3 aromatic heterocycles. The van der Waals surface area contributed by atoms with Crippen molar-refractivity contribution in [1.82, 2.24) is 19.7 Å². The Morgan fingerprint density at radius 3 is 2.50 bits per heavy atom. The molecule has 0 bridgehead atoms. The number of nitrogens with two attached hydrogens (primary N) is 1. The SMILES string of the molecule is Cc1c(C(C)(C)C)nn(Cc2ccc(F)cc2)c1-c1cc(=O)c2c(C(N)=O)nccc2[nH]1.